The first-order valence-corrected chi connectivity index (χ1v) is 12.7. The van der Waals surface area contributed by atoms with Crippen LogP contribution in [0.25, 0.3) is 6.08 Å². The number of thioether (sulfide) groups is 1. The third-order valence-corrected chi connectivity index (χ3v) is 5.92. The van der Waals surface area contributed by atoms with Gasteiger partial charge in [-0.15, -0.1) is 11.8 Å². The van der Waals surface area contributed by atoms with Gasteiger partial charge in [0.25, 0.3) is 0 Å². The van der Waals surface area contributed by atoms with Crippen molar-refractivity contribution in [1.82, 2.24) is 9.80 Å². The zero-order chi connectivity index (χ0) is 25.6. The highest BCUT2D eigenvalue weighted by atomic mass is 32.2. The summed E-state index contributed by atoms with van der Waals surface area (Å²) in [6, 6.07) is 13.7. The van der Waals surface area contributed by atoms with Crippen molar-refractivity contribution in [3.05, 3.63) is 65.2 Å². The highest BCUT2D eigenvalue weighted by molar-refractivity contribution is 7.98. The molecule has 0 radical (unpaired) electrons. The molecule has 2 aromatic carbocycles. The van der Waals surface area contributed by atoms with E-state index >= 15 is 0 Å². The lowest BCUT2D eigenvalue weighted by Gasteiger charge is -2.26. The molecule has 0 aromatic heterocycles. The van der Waals surface area contributed by atoms with Crippen LogP contribution >= 0.6 is 11.8 Å². The predicted molar refractivity (Wildman–Crippen MR) is 139 cm³/mol. The van der Waals surface area contributed by atoms with E-state index in [9.17, 15) is 9.59 Å². The average molecular weight is 499 g/mol. The third kappa shape index (κ3) is 7.96. The number of carbonyl (C=O) groups excluding carboxylic acids is 2. The van der Waals surface area contributed by atoms with Crippen LogP contribution in [0.2, 0.25) is 0 Å². The number of benzene rings is 2. The van der Waals surface area contributed by atoms with Crippen LogP contribution in [-0.2, 0) is 22.4 Å². The number of nitrogens with zero attached hydrogens (tertiary/aromatic N) is 2. The van der Waals surface area contributed by atoms with Crippen molar-refractivity contribution in [3.8, 4) is 5.75 Å². The first-order chi connectivity index (χ1) is 16.5. The van der Waals surface area contributed by atoms with Crippen LogP contribution < -0.4 is 4.74 Å². The summed E-state index contributed by atoms with van der Waals surface area (Å²) in [6.45, 7) is 6.50. The van der Waals surface area contributed by atoms with Gasteiger partial charge >= 0.3 is 12.2 Å². The molecule has 1 aliphatic rings. The second-order valence-corrected chi connectivity index (χ2v) is 10.4. The third-order valence-electron chi connectivity index (χ3n) is 5.17. The maximum atomic E-state index is 12.6. The summed E-state index contributed by atoms with van der Waals surface area (Å²) in [7, 11) is 3.27. The van der Waals surface area contributed by atoms with Gasteiger partial charge in [0.1, 0.15) is 11.4 Å². The van der Waals surface area contributed by atoms with Crippen molar-refractivity contribution in [3.63, 3.8) is 0 Å². The molecule has 0 N–H and O–H groups in total. The van der Waals surface area contributed by atoms with Gasteiger partial charge in [0.05, 0.1) is 0 Å². The summed E-state index contributed by atoms with van der Waals surface area (Å²) in [6.07, 6.45) is 4.74. The Morgan fingerprint density at radius 3 is 2.46 bits per heavy atom. The molecule has 0 fully saturated rings. The first-order valence-electron chi connectivity index (χ1n) is 11.5. The van der Waals surface area contributed by atoms with Gasteiger partial charge in [0.15, 0.2) is 0 Å². The minimum absolute atomic E-state index is 0.337. The van der Waals surface area contributed by atoms with Crippen molar-refractivity contribution >= 4 is 30.0 Å². The Bertz CT molecular complexity index is 1060. The zero-order valence-electron chi connectivity index (χ0n) is 21.2. The molecule has 0 saturated carbocycles. The Kier molecular flexibility index (Phi) is 8.72. The normalized spacial score (nSPS) is 13.9. The van der Waals surface area contributed by atoms with E-state index in [1.807, 2.05) is 81.6 Å². The van der Waals surface area contributed by atoms with Crippen LogP contribution in [0.1, 0.15) is 37.5 Å². The lowest BCUT2D eigenvalue weighted by Crippen LogP contribution is -2.36. The number of hydrogen-bond acceptors (Lipinski definition) is 6. The van der Waals surface area contributed by atoms with E-state index in [0.29, 0.717) is 25.3 Å². The van der Waals surface area contributed by atoms with E-state index in [1.54, 1.807) is 30.8 Å². The quantitative estimate of drug-likeness (QED) is 0.369. The molecule has 188 valence electrons. The Morgan fingerprint density at radius 2 is 1.83 bits per heavy atom. The number of carbonyl (C=O) groups is 2. The van der Waals surface area contributed by atoms with Crippen LogP contribution in [0.4, 0.5) is 9.59 Å². The van der Waals surface area contributed by atoms with Gasteiger partial charge in [-0.25, -0.2) is 9.59 Å². The van der Waals surface area contributed by atoms with Gasteiger partial charge in [-0.05, 0) is 68.0 Å². The monoisotopic (exact) mass is 498 g/mol. The predicted octanol–water partition coefficient (Wildman–Crippen LogP) is 5.82. The number of fused-ring (bicyclic) bond motifs is 1. The Balaban J connectivity index is 1.76. The summed E-state index contributed by atoms with van der Waals surface area (Å²) in [5.74, 6) is 0.627. The molecule has 2 aromatic rings. The molecular weight excluding hydrogens is 464 g/mol. The highest BCUT2D eigenvalue weighted by Gasteiger charge is 2.24. The number of rotatable bonds is 6. The van der Waals surface area contributed by atoms with Gasteiger partial charge in [-0.1, -0.05) is 30.4 Å². The molecule has 3 rings (SSSR count). The minimum Gasteiger partial charge on any atom is -0.454 e. The topological polar surface area (TPSA) is 68.3 Å². The maximum Gasteiger partial charge on any atom is 0.412 e. The SMILES string of the molecule is CSc1ccc(OC(Cc2ccc3c(c2)C=CCN(C(=O)OC(C)(C)C)C3)OC(=O)N(C)C)cc1. The van der Waals surface area contributed by atoms with E-state index in [1.165, 1.54) is 4.90 Å². The fourth-order valence-corrected chi connectivity index (χ4v) is 3.85. The smallest absolute Gasteiger partial charge is 0.412 e. The van der Waals surface area contributed by atoms with Gasteiger partial charge in [0, 0.05) is 38.5 Å². The van der Waals surface area contributed by atoms with Crippen molar-refractivity contribution < 1.29 is 23.8 Å². The molecule has 1 atom stereocenters. The molecule has 0 aliphatic carbocycles. The fourth-order valence-electron chi connectivity index (χ4n) is 3.44. The molecule has 0 bridgehead atoms. The molecule has 1 aliphatic heterocycles. The molecule has 0 spiro atoms. The van der Waals surface area contributed by atoms with Crippen LogP contribution in [0.15, 0.2) is 53.4 Å². The lowest BCUT2D eigenvalue weighted by atomic mass is 10.0. The van der Waals surface area contributed by atoms with E-state index < -0.39 is 18.0 Å². The summed E-state index contributed by atoms with van der Waals surface area (Å²) in [5, 5.41) is 0. The standard InChI is InChI=1S/C27H34N2O5S/c1-27(2,3)34-26(31)29-15-7-8-20-16-19(9-10-21(20)18-29)17-24(33-25(30)28(4)5)32-22-11-13-23(35-6)14-12-22/h7-14,16,24H,15,17-18H2,1-6H3. The van der Waals surface area contributed by atoms with E-state index in [2.05, 4.69) is 0 Å². The summed E-state index contributed by atoms with van der Waals surface area (Å²) < 4.78 is 17.2. The van der Waals surface area contributed by atoms with Crippen LogP contribution in [0.3, 0.4) is 0 Å². The second-order valence-electron chi connectivity index (χ2n) is 9.50. The van der Waals surface area contributed by atoms with Gasteiger partial charge in [-0.2, -0.15) is 0 Å². The Labute approximate surface area is 212 Å². The second kappa shape index (κ2) is 11.5. The van der Waals surface area contributed by atoms with Crippen molar-refractivity contribution in [2.24, 2.45) is 0 Å². The largest absolute Gasteiger partial charge is 0.454 e. The molecule has 2 amide bonds. The lowest BCUT2D eigenvalue weighted by molar-refractivity contribution is -0.0410. The number of ether oxygens (including phenoxy) is 3. The minimum atomic E-state index is -0.795. The van der Waals surface area contributed by atoms with Gasteiger partial charge in [-0.3, -0.25) is 0 Å². The number of amides is 2. The van der Waals surface area contributed by atoms with Crippen LogP contribution in [0, 0.1) is 0 Å². The zero-order valence-corrected chi connectivity index (χ0v) is 22.1. The summed E-state index contributed by atoms with van der Waals surface area (Å²) in [5.41, 5.74) is 2.44. The van der Waals surface area contributed by atoms with Crippen molar-refractivity contribution in [2.75, 3.05) is 26.9 Å². The van der Waals surface area contributed by atoms with Crippen molar-refractivity contribution in [1.29, 1.82) is 0 Å². The van der Waals surface area contributed by atoms with Gasteiger partial charge < -0.3 is 24.0 Å². The highest BCUT2D eigenvalue weighted by Crippen LogP contribution is 2.24. The van der Waals surface area contributed by atoms with Crippen LogP contribution in [0.5, 0.6) is 5.75 Å². The molecule has 35 heavy (non-hydrogen) atoms. The molecule has 1 heterocycles. The van der Waals surface area contributed by atoms with E-state index in [0.717, 1.165) is 21.6 Å². The summed E-state index contributed by atoms with van der Waals surface area (Å²) in [4.78, 5) is 29.0. The van der Waals surface area contributed by atoms with Crippen molar-refractivity contribution in [2.45, 2.75) is 50.5 Å². The fraction of sp³-hybridized carbons (Fsp3) is 0.407. The first kappa shape index (κ1) is 26.5. The number of hydrogen-bond donors (Lipinski definition) is 0. The Morgan fingerprint density at radius 1 is 1.11 bits per heavy atom. The van der Waals surface area contributed by atoms with Gasteiger partial charge in [0.2, 0.25) is 6.29 Å². The molecule has 7 nitrogen and oxygen atoms in total. The molecule has 8 heteroatoms. The van der Waals surface area contributed by atoms with E-state index in [4.69, 9.17) is 14.2 Å². The Hall–Kier alpha value is -3.13. The summed E-state index contributed by atoms with van der Waals surface area (Å²) >= 11 is 1.65. The van der Waals surface area contributed by atoms with E-state index in [-0.39, 0.29) is 6.09 Å². The van der Waals surface area contributed by atoms with Crippen LogP contribution in [-0.4, -0.2) is 60.8 Å². The molecular formula is C27H34N2O5S. The average Bonchev–Trinajstić information content (AvgIpc) is 3.00. The molecule has 0 saturated heterocycles. The maximum absolute atomic E-state index is 12.6. The molecule has 1 unspecified atom stereocenters.